The molecule has 1 aliphatic heterocycles. The van der Waals surface area contributed by atoms with Gasteiger partial charge < -0.3 is 10.2 Å². The Bertz CT molecular complexity index is 790. The number of aromatic nitrogens is 1. The Morgan fingerprint density at radius 3 is 2.92 bits per heavy atom. The number of piperidine rings is 1. The molecule has 4 rings (SSSR count). The van der Waals surface area contributed by atoms with Crippen molar-refractivity contribution < 1.29 is 9.59 Å². The highest BCUT2D eigenvalue weighted by molar-refractivity contribution is 7.13. The largest absolute Gasteiger partial charge is 0.341 e. The van der Waals surface area contributed by atoms with E-state index in [9.17, 15) is 9.59 Å². The highest BCUT2D eigenvalue weighted by Gasteiger charge is 2.34. The summed E-state index contributed by atoms with van der Waals surface area (Å²) >= 11 is 1.41. The Hall–Kier alpha value is -2.21. The summed E-state index contributed by atoms with van der Waals surface area (Å²) in [4.78, 5) is 31.7. The summed E-state index contributed by atoms with van der Waals surface area (Å²) in [6.45, 7) is 1.26. The van der Waals surface area contributed by atoms with E-state index in [2.05, 4.69) is 22.4 Å². The molecule has 2 amide bonds. The first-order valence-corrected chi connectivity index (χ1v) is 10.2. The van der Waals surface area contributed by atoms with Crippen LogP contribution < -0.4 is 5.32 Å². The van der Waals surface area contributed by atoms with Gasteiger partial charge in [-0.25, -0.2) is 4.98 Å². The van der Waals surface area contributed by atoms with E-state index in [0.29, 0.717) is 11.7 Å². The molecule has 136 valence electrons. The lowest BCUT2D eigenvalue weighted by atomic mass is 9.81. The standard InChI is InChI=1S/C20H23N3O2S/c24-18(22-20-21-10-12-26-20)15-7-4-11-23(13-15)19(25)17-9-3-6-14-5-1-2-8-16(14)17/h1-2,5,8,10,12,15,17H,3-4,6-7,9,11,13H2,(H,21,22,24)/t15-,17+/m0/s1. The number of carbonyl (C=O) groups excluding carboxylic acids is 2. The first kappa shape index (κ1) is 17.2. The number of benzene rings is 1. The molecule has 5 nitrogen and oxygen atoms in total. The maximum Gasteiger partial charge on any atom is 0.231 e. The predicted molar refractivity (Wildman–Crippen MR) is 102 cm³/mol. The first-order chi connectivity index (χ1) is 12.7. The van der Waals surface area contributed by atoms with Crippen molar-refractivity contribution in [3.8, 4) is 0 Å². The predicted octanol–water partition coefficient (Wildman–Crippen LogP) is 3.44. The lowest BCUT2D eigenvalue weighted by Gasteiger charge is -2.36. The van der Waals surface area contributed by atoms with Gasteiger partial charge in [0.25, 0.3) is 0 Å². The van der Waals surface area contributed by atoms with E-state index in [-0.39, 0.29) is 23.7 Å². The molecule has 1 saturated heterocycles. The Morgan fingerprint density at radius 1 is 1.19 bits per heavy atom. The molecule has 1 aromatic heterocycles. The number of fused-ring (bicyclic) bond motifs is 1. The van der Waals surface area contributed by atoms with Gasteiger partial charge in [0.2, 0.25) is 11.8 Å². The number of anilines is 1. The average molecular weight is 369 g/mol. The molecule has 1 N–H and O–H groups in total. The summed E-state index contributed by atoms with van der Waals surface area (Å²) in [6.07, 6.45) is 6.38. The second-order valence-electron chi connectivity index (χ2n) is 7.09. The molecule has 2 heterocycles. The SMILES string of the molecule is O=C(Nc1nccs1)[C@H]1CCCN(C(=O)[C@@H]2CCCc3ccccc32)C1. The van der Waals surface area contributed by atoms with Crippen LogP contribution in [0.15, 0.2) is 35.8 Å². The van der Waals surface area contributed by atoms with Gasteiger partial charge in [0.1, 0.15) is 0 Å². The van der Waals surface area contributed by atoms with Crippen LogP contribution in [0.25, 0.3) is 0 Å². The van der Waals surface area contributed by atoms with Crippen LogP contribution in [0.4, 0.5) is 5.13 Å². The van der Waals surface area contributed by atoms with E-state index in [1.165, 1.54) is 22.5 Å². The van der Waals surface area contributed by atoms with E-state index in [1.807, 2.05) is 22.4 Å². The van der Waals surface area contributed by atoms with Gasteiger partial charge in [-0.1, -0.05) is 24.3 Å². The quantitative estimate of drug-likeness (QED) is 0.901. The van der Waals surface area contributed by atoms with Gasteiger partial charge in [0.15, 0.2) is 5.13 Å². The molecule has 2 aliphatic rings. The first-order valence-electron chi connectivity index (χ1n) is 9.29. The fourth-order valence-corrected chi connectivity index (χ4v) is 4.65. The zero-order chi connectivity index (χ0) is 17.9. The molecule has 0 radical (unpaired) electrons. The summed E-state index contributed by atoms with van der Waals surface area (Å²) < 4.78 is 0. The third-order valence-electron chi connectivity index (χ3n) is 5.43. The Balaban J connectivity index is 1.44. The van der Waals surface area contributed by atoms with Crippen LogP contribution in [0.3, 0.4) is 0 Å². The number of rotatable bonds is 3. The zero-order valence-corrected chi connectivity index (χ0v) is 15.5. The molecule has 1 aromatic carbocycles. The van der Waals surface area contributed by atoms with Crippen molar-refractivity contribution in [2.24, 2.45) is 5.92 Å². The molecular weight excluding hydrogens is 346 g/mol. The van der Waals surface area contributed by atoms with Crippen LogP contribution in [0.1, 0.15) is 42.7 Å². The van der Waals surface area contributed by atoms with Crippen LogP contribution >= 0.6 is 11.3 Å². The topological polar surface area (TPSA) is 62.3 Å². The van der Waals surface area contributed by atoms with Crippen LogP contribution in [-0.2, 0) is 16.0 Å². The molecule has 2 atom stereocenters. The Morgan fingerprint density at radius 2 is 2.08 bits per heavy atom. The Labute approximate surface area is 157 Å². The number of nitrogens with one attached hydrogen (secondary N) is 1. The van der Waals surface area contributed by atoms with Crippen LogP contribution in [-0.4, -0.2) is 34.8 Å². The molecule has 0 saturated carbocycles. The lowest BCUT2D eigenvalue weighted by Crippen LogP contribution is -2.46. The molecule has 6 heteroatoms. The molecule has 1 aliphatic carbocycles. The summed E-state index contributed by atoms with van der Waals surface area (Å²) in [6, 6.07) is 8.29. The van der Waals surface area contributed by atoms with Crippen LogP contribution in [0.5, 0.6) is 0 Å². The number of carbonyl (C=O) groups is 2. The van der Waals surface area contributed by atoms with Crippen LogP contribution in [0, 0.1) is 5.92 Å². The molecule has 2 aromatic rings. The Kier molecular flexibility index (Phi) is 5.02. The van der Waals surface area contributed by atoms with Gasteiger partial charge in [-0.05, 0) is 43.2 Å². The summed E-state index contributed by atoms with van der Waals surface area (Å²) in [5, 5.41) is 5.34. The maximum atomic E-state index is 13.2. The van der Waals surface area contributed by atoms with Crippen molar-refractivity contribution in [2.75, 3.05) is 18.4 Å². The highest BCUT2D eigenvalue weighted by Crippen LogP contribution is 2.34. The fraction of sp³-hybridized carbons (Fsp3) is 0.450. The minimum Gasteiger partial charge on any atom is -0.341 e. The molecule has 1 fully saturated rings. The number of aryl methyl sites for hydroxylation is 1. The molecule has 0 bridgehead atoms. The van der Waals surface area contributed by atoms with Crippen molar-refractivity contribution >= 4 is 28.3 Å². The van der Waals surface area contributed by atoms with Crippen LogP contribution in [0.2, 0.25) is 0 Å². The summed E-state index contributed by atoms with van der Waals surface area (Å²) in [7, 11) is 0. The van der Waals surface area contributed by atoms with Crippen molar-refractivity contribution in [1.29, 1.82) is 0 Å². The van der Waals surface area contributed by atoms with E-state index >= 15 is 0 Å². The minimum absolute atomic E-state index is 0.0264. The second kappa shape index (κ2) is 7.58. The second-order valence-corrected chi connectivity index (χ2v) is 7.99. The number of nitrogens with zero attached hydrogens (tertiary/aromatic N) is 2. The summed E-state index contributed by atoms with van der Waals surface area (Å²) in [5.74, 6) is -0.0541. The lowest BCUT2D eigenvalue weighted by molar-refractivity contribution is -0.136. The van der Waals surface area contributed by atoms with Gasteiger partial charge in [-0.3, -0.25) is 9.59 Å². The number of hydrogen-bond acceptors (Lipinski definition) is 4. The van der Waals surface area contributed by atoms with Gasteiger partial charge in [0.05, 0.1) is 11.8 Å². The zero-order valence-electron chi connectivity index (χ0n) is 14.7. The monoisotopic (exact) mass is 369 g/mol. The van der Waals surface area contributed by atoms with Gasteiger partial charge in [-0.2, -0.15) is 0 Å². The molecular formula is C20H23N3O2S. The number of amides is 2. The van der Waals surface area contributed by atoms with Gasteiger partial charge in [0, 0.05) is 24.7 Å². The highest BCUT2D eigenvalue weighted by atomic mass is 32.1. The van der Waals surface area contributed by atoms with Crippen molar-refractivity contribution in [3.05, 3.63) is 47.0 Å². The minimum atomic E-state index is -0.157. The summed E-state index contributed by atoms with van der Waals surface area (Å²) in [5.41, 5.74) is 2.48. The third kappa shape index (κ3) is 3.51. The van der Waals surface area contributed by atoms with E-state index < -0.39 is 0 Å². The van der Waals surface area contributed by atoms with E-state index in [0.717, 1.165) is 38.6 Å². The maximum absolute atomic E-state index is 13.2. The smallest absolute Gasteiger partial charge is 0.231 e. The molecule has 0 unspecified atom stereocenters. The molecule has 0 spiro atoms. The van der Waals surface area contributed by atoms with E-state index in [1.54, 1.807) is 6.20 Å². The number of likely N-dealkylation sites (tertiary alicyclic amines) is 1. The van der Waals surface area contributed by atoms with Gasteiger partial charge >= 0.3 is 0 Å². The van der Waals surface area contributed by atoms with Crippen molar-refractivity contribution in [2.45, 2.75) is 38.0 Å². The number of hydrogen-bond donors (Lipinski definition) is 1. The van der Waals surface area contributed by atoms with Crippen molar-refractivity contribution in [3.63, 3.8) is 0 Å². The average Bonchev–Trinajstić information content (AvgIpc) is 3.20. The van der Waals surface area contributed by atoms with Gasteiger partial charge in [-0.15, -0.1) is 11.3 Å². The third-order valence-corrected chi connectivity index (χ3v) is 6.12. The fourth-order valence-electron chi connectivity index (χ4n) is 4.11. The van der Waals surface area contributed by atoms with Crippen molar-refractivity contribution in [1.82, 2.24) is 9.88 Å². The van der Waals surface area contributed by atoms with E-state index in [4.69, 9.17) is 0 Å². The normalized spacial score (nSPS) is 22.5. The molecule has 26 heavy (non-hydrogen) atoms. The number of thiazole rings is 1.